The molecule has 0 saturated carbocycles. The van der Waals surface area contributed by atoms with E-state index >= 15 is 0 Å². The summed E-state index contributed by atoms with van der Waals surface area (Å²) in [7, 11) is -3.03. The van der Waals surface area contributed by atoms with Crippen molar-refractivity contribution in [2.45, 2.75) is 31.6 Å². The molecule has 0 aliphatic rings. The molecule has 0 aliphatic carbocycles. The Hall–Kier alpha value is -0.170. The fourth-order valence-corrected chi connectivity index (χ4v) is 1.76. The molecule has 0 heterocycles. The fraction of sp³-hybridized carbons (Fsp3) is 1.00. The van der Waals surface area contributed by atoms with Crippen LogP contribution in [0.4, 0.5) is 0 Å². The second-order valence-electron chi connectivity index (χ2n) is 4.25. The molecular formula is C9H21NO4S. The number of rotatable bonds is 7. The lowest BCUT2D eigenvalue weighted by atomic mass is 10.1. The Balaban J connectivity index is 3.83. The van der Waals surface area contributed by atoms with Crippen molar-refractivity contribution < 1.29 is 18.6 Å². The van der Waals surface area contributed by atoms with Gasteiger partial charge in [0.15, 0.2) is 9.84 Å². The summed E-state index contributed by atoms with van der Waals surface area (Å²) in [5.74, 6) is 0.0478. The van der Waals surface area contributed by atoms with Crippen LogP contribution >= 0.6 is 0 Å². The molecule has 0 aromatic rings. The summed E-state index contributed by atoms with van der Waals surface area (Å²) in [5, 5.41) is 20.6. The monoisotopic (exact) mass is 239 g/mol. The summed E-state index contributed by atoms with van der Waals surface area (Å²) in [6.45, 7) is 4.88. The second-order valence-corrected chi connectivity index (χ2v) is 6.92. The summed E-state index contributed by atoms with van der Waals surface area (Å²) >= 11 is 0. The maximum absolute atomic E-state index is 11.4. The van der Waals surface area contributed by atoms with Gasteiger partial charge in [-0.3, -0.25) is 0 Å². The van der Waals surface area contributed by atoms with Crippen molar-refractivity contribution in [3.63, 3.8) is 0 Å². The molecule has 3 N–H and O–H groups in total. The SMILES string of the molecule is CC(C)S(=O)(=O)CCNCC(C)(O)CO. The number of aliphatic hydroxyl groups excluding tert-OH is 1. The first-order valence-corrected chi connectivity index (χ1v) is 6.68. The zero-order valence-corrected chi connectivity index (χ0v) is 10.3. The number of nitrogens with one attached hydrogen (secondary N) is 1. The summed E-state index contributed by atoms with van der Waals surface area (Å²) in [6.07, 6.45) is 0. The quantitative estimate of drug-likeness (QED) is 0.503. The molecule has 5 nitrogen and oxygen atoms in total. The van der Waals surface area contributed by atoms with Gasteiger partial charge in [0, 0.05) is 13.1 Å². The first-order chi connectivity index (χ1) is 6.71. The molecule has 15 heavy (non-hydrogen) atoms. The Bertz CT molecular complexity index is 272. The third-order valence-corrected chi connectivity index (χ3v) is 4.34. The van der Waals surface area contributed by atoms with Crippen LogP contribution in [0.2, 0.25) is 0 Å². The molecule has 0 spiro atoms. The maximum atomic E-state index is 11.4. The molecule has 0 aromatic carbocycles. The van der Waals surface area contributed by atoms with E-state index in [4.69, 9.17) is 5.11 Å². The fourth-order valence-electron chi connectivity index (χ4n) is 0.864. The minimum Gasteiger partial charge on any atom is -0.393 e. The van der Waals surface area contributed by atoms with Crippen LogP contribution < -0.4 is 5.32 Å². The molecule has 0 rings (SSSR count). The molecule has 0 fully saturated rings. The van der Waals surface area contributed by atoms with E-state index in [2.05, 4.69) is 5.32 Å². The zero-order valence-electron chi connectivity index (χ0n) is 9.52. The van der Waals surface area contributed by atoms with Crippen molar-refractivity contribution in [1.29, 1.82) is 0 Å². The number of hydrogen-bond acceptors (Lipinski definition) is 5. The second kappa shape index (κ2) is 5.79. The lowest BCUT2D eigenvalue weighted by Crippen LogP contribution is -2.42. The van der Waals surface area contributed by atoms with E-state index in [1.54, 1.807) is 13.8 Å². The van der Waals surface area contributed by atoms with E-state index < -0.39 is 15.4 Å². The predicted octanol–water partition coefficient (Wildman–Crippen LogP) is -0.857. The van der Waals surface area contributed by atoms with Gasteiger partial charge in [0.05, 0.1) is 23.2 Å². The van der Waals surface area contributed by atoms with Crippen molar-refractivity contribution >= 4 is 9.84 Å². The highest BCUT2D eigenvalue weighted by Gasteiger charge is 2.19. The van der Waals surface area contributed by atoms with E-state index in [0.29, 0.717) is 0 Å². The molecular weight excluding hydrogens is 218 g/mol. The number of sulfone groups is 1. The summed E-state index contributed by atoms with van der Waals surface area (Å²) in [4.78, 5) is 0. The number of aliphatic hydroxyl groups is 2. The normalized spacial score (nSPS) is 16.7. The Labute approximate surface area is 91.4 Å². The molecule has 0 saturated heterocycles. The van der Waals surface area contributed by atoms with E-state index in [1.807, 2.05) is 0 Å². The standard InChI is InChI=1S/C9H21NO4S/c1-8(2)15(13,14)5-4-10-6-9(3,12)7-11/h8,10-12H,4-7H2,1-3H3. The molecule has 0 radical (unpaired) electrons. The van der Waals surface area contributed by atoms with Gasteiger partial charge >= 0.3 is 0 Å². The Kier molecular flexibility index (Phi) is 5.72. The minimum absolute atomic E-state index is 0.0478. The van der Waals surface area contributed by atoms with Crippen molar-refractivity contribution in [3.8, 4) is 0 Å². The molecule has 6 heteroatoms. The highest BCUT2D eigenvalue weighted by molar-refractivity contribution is 7.92. The Morgan fingerprint density at radius 2 is 1.93 bits per heavy atom. The molecule has 0 amide bonds. The van der Waals surface area contributed by atoms with Crippen LogP contribution in [0.5, 0.6) is 0 Å². The maximum Gasteiger partial charge on any atom is 0.153 e. The lowest BCUT2D eigenvalue weighted by molar-refractivity contribution is 0.00322. The van der Waals surface area contributed by atoms with E-state index in [1.165, 1.54) is 6.92 Å². The van der Waals surface area contributed by atoms with Crippen LogP contribution in [0, 0.1) is 0 Å². The van der Waals surface area contributed by atoms with Crippen LogP contribution in [0.25, 0.3) is 0 Å². The third kappa shape index (κ3) is 6.09. The molecule has 0 bridgehead atoms. The van der Waals surface area contributed by atoms with Crippen molar-refractivity contribution in [2.75, 3.05) is 25.4 Å². The van der Waals surface area contributed by atoms with E-state index in [0.717, 1.165) is 0 Å². The van der Waals surface area contributed by atoms with Gasteiger partial charge in [0.2, 0.25) is 0 Å². The van der Waals surface area contributed by atoms with Gasteiger partial charge in [0.1, 0.15) is 0 Å². The predicted molar refractivity (Wildman–Crippen MR) is 59.5 cm³/mol. The van der Waals surface area contributed by atoms with Crippen molar-refractivity contribution in [2.24, 2.45) is 0 Å². The van der Waals surface area contributed by atoms with Crippen molar-refractivity contribution in [3.05, 3.63) is 0 Å². The smallest absolute Gasteiger partial charge is 0.153 e. The van der Waals surface area contributed by atoms with Crippen LogP contribution in [0.3, 0.4) is 0 Å². The molecule has 1 unspecified atom stereocenters. The van der Waals surface area contributed by atoms with Gasteiger partial charge in [-0.25, -0.2) is 8.42 Å². The van der Waals surface area contributed by atoms with Gasteiger partial charge in [-0.05, 0) is 20.8 Å². The highest BCUT2D eigenvalue weighted by atomic mass is 32.2. The molecule has 0 aliphatic heterocycles. The average Bonchev–Trinajstić information content (AvgIpc) is 2.12. The zero-order chi connectivity index (χ0) is 12.1. The largest absolute Gasteiger partial charge is 0.393 e. The topological polar surface area (TPSA) is 86.6 Å². The Morgan fingerprint density at radius 3 is 2.33 bits per heavy atom. The van der Waals surface area contributed by atoms with E-state index in [-0.39, 0.29) is 30.7 Å². The van der Waals surface area contributed by atoms with Crippen LogP contribution in [-0.4, -0.2) is 54.9 Å². The summed E-state index contributed by atoms with van der Waals surface area (Å²) < 4.78 is 22.7. The van der Waals surface area contributed by atoms with Crippen LogP contribution in [0.15, 0.2) is 0 Å². The lowest BCUT2D eigenvalue weighted by Gasteiger charge is -2.20. The van der Waals surface area contributed by atoms with Gasteiger partial charge in [-0.2, -0.15) is 0 Å². The van der Waals surface area contributed by atoms with Gasteiger partial charge in [-0.1, -0.05) is 0 Å². The van der Waals surface area contributed by atoms with Crippen molar-refractivity contribution in [1.82, 2.24) is 5.32 Å². The Morgan fingerprint density at radius 1 is 1.40 bits per heavy atom. The minimum atomic E-state index is -3.03. The average molecular weight is 239 g/mol. The summed E-state index contributed by atoms with van der Waals surface area (Å²) in [6, 6.07) is 0. The van der Waals surface area contributed by atoms with Gasteiger partial charge < -0.3 is 15.5 Å². The molecule has 0 aromatic heterocycles. The first-order valence-electron chi connectivity index (χ1n) is 4.97. The van der Waals surface area contributed by atoms with Crippen LogP contribution in [-0.2, 0) is 9.84 Å². The van der Waals surface area contributed by atoms with Gasteiger partial charge in [-0.15, -0.1) is 0 Å². The summed E-state index contributed by atoms with van der Waals surface area (Å²) in [5.41, 5.74) is -1.19. The highest BCUT2D eigenvalue weighted by Crippen LogP contribution is 2.01. The molecule has 92 valence electrons. The van der Waals surface area contributed by atoms with Crippen LogP contribution in [0.1, 0.15) is 20.8 Å². The third-order valence-electron chi connectivity index (χ3n) is 2.13. The van der Waals surface area contributed by atoms with E-state index in [9.17, 15) is 13.5 Å². The molecule has 1 atom stereocenters. The van der Waals surface area contributed by atoms with Gasteiger partial charge in [0.25, 0.3) is 0 Å². The number of hydrogen-bond donors (Lipinski definition) is 3. The first kappa shape index (κ1) is 14.8.